The second-order valence-corrected chi connectivity index (χ2v) is 6.06. The summed E-state index contributed by atoms with van der Waals surface area (Å²) in [6.07, 6.45) is 0. The second-order valence-electron chi connectivity index (χ2n) is 5.20. The van der Waals surface area contributed by atoms with Crippen LogP contribution in [0.4, 0.5) is 4.39 Å². The molecule has 0 spiro atoms. The van der Waals surface area contributed by atoms with E-state index in [0.717, 1.165) is 10.0 Å². The van der Waals surface area contributed by atoms with Crippen molar-refractivity contribution in [2.45, 2.75) is 20.1 Å². The molecule has 5 nitrogen and oxygen atoms in total. The number of halogens is 2. The lowest BCUT2D eigenvalue weighted by atomic mass is 10.2. The smallest absolute Gasteiger partial charge is 0.317 e. The largest absolute Gasteiger partial charge is 0.490 e. The average molecular weight is 412 g/mol. The molecule has 7 heteroatoms. The molecule has 0 bridgehead atoms. The summed E-state index contributed by atoms with van der Waals surface area (Å²) in [4.78, 5) is 10.6. The number of aliphatic carboxylic acids is 1. The van der Waals surface area contributed by atoms with Gasteiger partial charge in [-0.1, -0.05) is 34.1 Å². The number of carboxylic acids is 1. The summed E-state index contributed by atoms with van der Waals surface area (Å²) >= 11 is 3.44. The Morgan fingerprint density at radius 1 is 1.20 bits per heavy atom. The van der Waals surface area contributed by atoms with Gasteiger partial charge in [-0.05, 0) is 30.7 Å². The van der Waals surface area contributed by atoms with Crippen LogP contribution < -0.4 is 14.8 Å². The Hall–Kier alpha value is -2.12. The molecule has 2 rings (SSSR count). The van der Waals surface area contributed by atoms with Gasteiger partial charge < -0.3 is 19.9 Å². The first kappa shape index (κ1) is 19.2. The Labute approximate surface area is 153 Å². The van der Waals surface area contributed by atoms with Crippen LogP contribution in [0.1, 0.15) is 18.1 Å². The lowest BCUT2D eigenvalue weighted by molar-refractivity contribution is -0.135. The van der Waals surface area contributed by atoms with E-state index in [9.17, 15) is 9.18 Å². The summed E-state index contributed by atoms with van der Waals surface area (Å²) in [7, 11) is 0. The van der Waals surface area contributed by atoms with Gasteiger partial charge in [-0.2, -0.15) is 0 Å². The summed E-state index contributed by atoms with van der Waals surface area (Å²) in [6, 6.07) is 9.94. The van der Waals surface area contributed by atoms with Crippen LogP contribution in [0, 0.1) is 5.82 Å². The van der Waals surface area contributed by atoms with Gasteiger partial charge in [0.1, 0.15) is 12.4 Å². The molecular weight excluding hydrogens is 393 g/mol. The third kappa shape index (κ3) is 5.72. The predicted molar refractivity (Wildman–Crippen MR) is 95.4 cm³/mol. The van der Waals surface area contributed by atoms with Crippen molar-refractivity contribution in [3.63, 3.8) is 0 Å². The highest BCUT2D eigenvalue weighted by Gasteiger charge is 2.12. The first-order valence-corrected chi connectivity index (χ1v) is 8.54. The summed E-state index contributed by atoms with van der Waals surface area (Å²) in [5, 5.41) is 11.5. The van der Waals surface area contributed by atoms with Gasteiger partial charge in [0.25, 0.3) is 0 Å². The Morgan fingerprint density at radius 2 is 1.92 bits per heavy atom. The molecule has 2 aromatic rings. The van der Waals surface area contributed by atoms with Crippen LogP contribution >= 0.6 is 15.9 Å². The van der Waals surface area contributed by atoms with Crippen LogP contribution in [-0.4, -0.2) is 24.2 Å². The Balaban J connectivity index is 2.15. The first-order chi connectivity index (χ1) is 12.0. The van der Waals surface area contributed by atoms with Crippen molar-refractivity contribution < 1.29 is 23.8 Å². The molecule has 0 heterocycles. The summed E-state index contributed by atoms with van der Waals surface area (Å²) in [5.74, 6) is -0.242. The van der Waals surface area contributed by atoms with Gasteiger partial charge in [0, 0.05) is 16.6 Å². The average Bonchev–Trinajstić information content (AvgIpc) is 2.57. The number of hydrogen-bond donors (Lipinski definition) is 2. The van der Waals surface area contributed by atoms with E-state index in [1.165, 1.54) is 6.07 Å². The molecule has 0 aliphatic rings. The molecule has 2 N–H and O–H groups in total. The van der Waals surface area contributed by atoms with Gasteiger partial charge in [-0.3, -0.25) is 4.79 Å². The molecule has 0 radical (unpaired) electrons. The Kier molecular flexibility index (Phi) is 7.21. The number of carboxylic acid groups (broad SMARTS) is 1. The van der Waals surface area contributed by atoms with Crippen molar-refractivity contribution in [3.05, 3.63) is 57.8 Å². The van der Waals surface area contributed by atoms with Crippen LogP contribution in [0.25, 0.3) is 0 Å². The third-order valence-corrected chi connectivity index (χ3v) is 4.08. The van der Waals surface area contributed by atoms with E-state index in [2.05, 4.69) is 21.2 Å². The van der Waals surface area contributed by atoms with Crippen LogP contribution in [0.5, 0.6) is 11.5 Å². The number of benzene rings is 2. The van der Waals surface area contributed by atoms with Crippen LogP contribution in [-0.2, 0) is 17.9 Å². The first-order valence-electron chi connectivity index (χ1n) is 7.75. The summed E-state index contributed by atoms with van der Waals surface area (Å²) in [5.41, 5.74) is 1.29. The zero-order valence-corrected chi connectivity index (χ0v) is 15.3. The van der Waals surface area contributed by atoms with Gasteiger partial charge in [0.05, 0.1) is 13.2 Å². The lowest BCUT2D eigenvalue weighted by Gasteiger charge is -2.15. The predicted octanol–water partition coefficient (Wildman–Crippen LogP) is 3.74. The molecular formula is C18H19BrFNO4. The molecule has 25 heavy (non-hydrogen) atoms. The summed E-state index contributed by atoms with van der Waals surface area (Å²) < 4.78 is 25.8. The van der Waals surface area contributed by atoms with E-state index in [-0.39, 0.29) is 19.0 Å². The quantitative estimate of drug-likeness (QED) is 0.657. The SMILES string of the molecule is CCOc1cc(CNCC(=O)O)c(Br)cc1OCc1ccccc1F. The minimum absolute atomic E-state index is 0.0792. The van der Waals surface area contributed by atoms with Crippen molar-refractivity contribution in [1.29, 1.82) is 0 Å². The molecule has 134 valence electrons. The number of rotatable bonds is 9. The zero-order valence-electron chi connectivity index (χ0n) is 13.7. The van der Waals surface area contributed by atoms with Gasteiger partial charge in [0.15, 0.2) is 11.5 Å². The second kappa shape index (κ2) is 9.39. The fourth-order valence-corrected chi connectivity index (χ4v) is 2.63. The van der Waals surface area contributed by atoms with E-state index < -0.39 is 5.97 Å². The Bertz CT molecular complexity index is 739. The van der Waals surface area contributed by atoms with Crippen molar-refractivity contribution >= 4 is 21.9 Å². The molecule has 0 atom stereocenters. The number of hydrogen-bond acceptors (Lipinski definition) is 4. The van der Waals surface area contributed by atoms with Crippen LogP contribution in [0.2, 0.25) is 0 Å². The van der Waals surface area contributed by atoms with Crippen LogP contribution in [0.15, 0.2) is 40.9 Å². The highest BCUT2D eigenvalue weighted by atomic mass is 79.9. The lowest BCUT2D eigenvalue weighted by Crippen LogP contribution is -2.22. The summed E-state index contributed by atoms with van der Waals surface area (Å²) in [6.45, 7) is 2.60. The highest BCUT2D eigenvalue weighted by molar-refractivity contribution is 9.10. The van der Waals surface area contributed by atoms with Gasteiger partial charge in [0.2, 0.25) is 0 Å². The molecule has 0 fully saturated rings. The van der Waals surface area contributed by atoms with E-state index in [1.807, 2.05) is 6.92 Å². The minimum atomic E-state index is -0.925. The van der Waals surface area contributed by atoms with Crippen molar-refractivity contribution in [2.75, 3.05) is 13.2 Å². The molecule has 0 saturated heterocycles. The molecule has 0 aliphatic heterocycles. The van der Waals surface area contributed by atoms with Crippen molar-refractivity contribution in [1.82, 2.24) is 5.32 Å². The molecule has 0 amide bonds. The standard InChI is InChI=1S/C18H19BrFNO4/c1-2-24-16-7-13(9-21-10-18(22)23)14(19)8-17(16)25-11-12-5-3-4-6-15(12)20/h3-8,21H,2,9-11H2,1H3,(H,22,23). The topological polar surface area (TPSA) is 67.8 Å². The van der Waals surface area contributed by atoms with Gasteiger partial charge in [-0.25, -0.2) is 4.39 Å². The molecule has 0 saturated carbocycles. The Morgan fingerprint density at radius 3 is 2.60 bits per heavy atom. The van der Waals surface area contributed by atoms with Crippen molar-refractivity contribution in [3.8, 4) is 11.5 Å². The van der Waals surface area contributed by atoms with Gasteiger partial charge in [-0.15, -0.1) is 0 Å². The molecule has 0 aromatic heterocycles. The number of nitrogens with one attached hydrogen (secondary N) is 1. The van der Waals surface area contributed by atoms with E-state index in [0.29, 0.717) is 30.2 Å². The van der Waals surface area contributed by atoms with Gasteiger partial charge >= 0.3 is 5.97 Å². The van der Waals surface area contributed by atoms with Crippen molar-refractivity contribution in [2.24, 2.45) is 0 Å². The van der Waals surface area contributed by atoms with Crippen LogP contribution in [0.3, 0.4) is 0 Å². The molecule has 0 unspecified atom stereocenters. The fraction of sp³-hybridized carbons (Fsp3) is 0.278. The maximum atomic E-state index is 13.7. The monoisotopic (exact) mass is 411 g/mol. The highest BCUT2D eigenvalue weighted by Crippen LogP contribution is 2.34. The van der Waals surface area contributed by atoms with E-state index in [4.69, 9.17) is 14.6 Å². The zero-order chi connectivity index (χ0) is 18.2. The number of ether oxygens (including phenoxy) is 2. The maximum absolute atomic E-state index is 13.7. The molecule has 0 aliphatic carbocycles. The minimum Gasteiger partial charge on any atom is -0.490 e. The van der Waals surface area contributed by atoms with E-state index in [1.54, 1.807) is 30.3 Å². The fourth-order valence-electron chi connectivity index (χ4n) is 2.17. The number of carbonyl (C=O) groups is 1. The normalized spacial score (nSPS) is 10.5. The van der Waals surface area contributed by atoms with E-state index >= 15 is 0 Å². The molecule has 2 aromatic carbocycles. The third-order valence-electron chi connectivity index (χ3n) is 3.35. The maximum Gasteiger partial charge on any atom is 0.317 e.